The Bertz CT molecular complexity index is 1350. The van der Waals surface area contributed by atoms with Crippen molar-refractivity contribution in [3.63, 3.8) is 0 Å². The maximum Gasteiger partial charge on any atom is 0.231 e. The number of aromatic nitrogens is 3. The van der Waals surface area contributed by atoms with Gasteiger partial charge in [-0.05, 0) is 45.1 Å². The average molecular weight is 382 g/mol. The van der Waals surface area contributed by atoms with Gasteiger partial charge in [-0.15, -0.1) is 0 Å². The highest BCUT2D eigenvalue weighted by Gasteiger charge is 2.09. The van der Waals surface area contributed by atoms with E-state index in [0.29, 0.717) is 0 Å². The summed E-state index contributed by atoms with van der Waals surface area (Å²) in [5.41, 5.74) is 11.2. The smallest absolute Gasteiger partial charge is 0.231 e. The zero-order valence-corrected chi connectivity index (χ0v) is 15.5. The predicted molar refractivity (Wildman–Crippen MR) is 117 cm³/mol. The first-order chi connectivity index (χ1) is 14.2. The quantitative estimate of drug-likeness (QED) is 0.245. The molecule has 7 heteroatoms. The number of rotatable bonds is 4. The topological polar surface area (TPSA) is 112 Å². The molecule has 0 atom stereocenters. The molecular formula is C22H18N6O. The van der Waals surface area contributed by atoms with Crippen molar-refractivity contribution in [1.82, 2.24) is 15.0 Å². The molecule has 0 unspecified atom stereocenters. The molecule has 5 rings (SSSR count). The number of anilines is 3. The molecule has 0 saturated carbocycles. The number of fused-ring (bicyclic) bond motifs is 4. The molecule has 5 N–H and O–H groups in total. The lowest BCUT2D eigenvalue weighted by molar-refractivity contribution is 0.350. The highest BCUT2D eigenvalue weighted by Crippen LogP contribution is 2.35. The number of hydrogen-bond donors (Lipinski definition) is 3. The Balaban J connectivity index is 1.54. The van der Waals surface area contributed by atoms with Gasteiger partial charge in [-0.1, -0.05) is 48.5 Å². The number of nitrogens with two attached hydrogens (primary N) is 2. The summed E-state index contributed by atoms with van der Waals surface area (Å²) >= 11 is 0. The lowest BCUT2D eigenvalue weighted by atomic mass is 9.98. The normalized spacial score (nSPS) is 11.2. The largest absolute Gasteiger partial charge is 0.473 e. The van der Waals surface area contributed by atoms with Gasteiger partial charge in [0.2, 0.25) is 17.8 Å². The summed E-state index contributed by atoms with van der Waals surface area (Å²) in [5.74, 6) is 1.16. The minimum Gasteiger partial charge on any atom is -0.473 e. The van der Waals surface area contributed by atoms with E-state index in [1.165, 1.54) is 16.2 Å². The third-order valence-electron chi connectivity index (χ3n) is 4.82. The molecule has 0 spiro atoms. The van der Waals surface area contributed by atoms with Crippen LogP contribution in [-0.4, -0.2) is 21.7 Å². The first-order valence-corrected chi connectivity index (χ1v) is 9.15. The van der Waals surface area contributed by atoms with Gasteiger partial charge >= 0.3 is 0 Å². The van der Waals surface area contributed by atoms with Gasteiger partial charge in [-0.25, -0.2) is 0 Å². The van der Waals surface area contributed by atoms with E-state index in [1.54, 1.807) is 0 Å². The Labute approximate surface area is 166 Å². The van der Waals surface area contributed by atoms with Crippen LogP contribution in [-0.2, 0) is 0 Å². The monoisotopic (exact) mass is 382 g/mol. The van der Waals surface area contributed by atoms with Crippen molar-refractivity contribution in [3.8, 4) is 5.75 Å². The fraction of sp³-hybridized carbons (Fsp3) is 0.0455. The summed E-state index contributed by atoms with van der Waals surface area (Å²) in [6.07, 6.45) is 0. The molecule has 0 aliphatic rings. The summed E-state index contributed by atoms with van der Waals surface area (Å²) < 4.78 is 6.03. The molecule has 0 aliphatic heterocycles. The Kier molecular flexibility index (Phi) is 3.98. The van der Waals surface area contributed by atoms with Crippen molar-refractivity contribution in [2.75, 3.05) is 23.5 Å². The van der Waals surface area contributed by atoms with Gasteiger partial charge < -0.3 is 21.5 Å². The van der Waals surface area contributed by atoms with E-state index < -0.39 is 0 Å². The molecule has 29 heavy (non-hydrogen) atoms. The molecule has 4 aromatic carbocycles. The standard InChI is InChI=1S/C22H18N6O/c23-20-26-21(24)28-22(27-20)25-12-29-18-7-3-6-13-8-9-16-10-14-4-1-2-5-15(14)11-17(16)19(13)18/h1-11H,12H2,(H5,23,24,25,26,27,28). The molecule has 0 aliphatic carbocycles. The molecule has 7 nitrogen and oxygen atoms in total. The number of nitrogens with one attached hydrogen (secondary N) is 1. The predicted octanol–water partition coefficient (Wildman–Crippen LogP) is 3.94. The van der Waals surface area contributed by atoms with Crippen LogP contribution in [0.3, 0.4) is 0 Å². The van der Waals surface area contributed by atoms with Gasteiger partial charge in [0.15, 0.2) is 6.73 Å². The number of ether oxygens (including phenoxy) is 1. The second kappa shape index (κ2) is 6.79. The Morgan fingerprint density at radius 3 is 2.21 bits per heavy atom. The fourth-order valence-corrected chi connectivity index (χ4v) is 3.55. The summed E-state index contributed by atoms with van der Waals surface area (Å²) in [6.45, 7) is 0.159. The van der Waals surface area contributed by atoms with Crippen molar-refractivity contribution < 1.29 is 4.74 Å². The van der Waals surface area contributed by atoms with Crippen LogP contribution in [0, 0.1) is 0 Å². The lowest BCUT2D eigenvalue weighted by Crippen LogP contribution is -2.14. The first-order valence-electron chi connectivity index (χ1n) is 9.15. The Morgan fingerprint density at radius 2 is 1.41 bits per heavy atom. The summed E-state index contributed by atoms with van der Waals surface area (Å²) in [4.78, 5) is 11.7. The number of nitrogen functional groups attached to an aromatic ring is 2. The van der Waals surface area contributed by atoms with E-state index >= 15 is 0 Å². The zero-order valence-electron chi connectivity index (χ0n) is 15.5. The van der Waals surface area contributed by atoms with Gasteiger partial charge in [0.05, 0.1) is 0 Å². The second-order valence-corrected chi connectivity index (χ2v) is 6.68. The van der Waals surface area contributed by atoms with Crippen LogP contribution in [0.5, 0.6) is 5.75 Å². The van der Waals surface area contributed by atoms with Crippen molar-refractivity contribution in [1.29, 1.82) is 0 Å². The summed E-state index contributed by atoms with van der Waals surface area (Å²) in [6, 6.07) is 23.0. The molecule has 5 aromatic rings. The van der Waals surface area contributed by atoms with Crippen molar-refractivity contribution >= 4 is 50.2 Å². The molecular weight excluding hydrogens is 364 g/mol. The molecule has 0 fully saturated rings. The molecule has 1 aromatic heterocycles. The zero-order chi connectivity index (χ0) is 19.8. The maximum atomic E-state index is 6.03. The molecule has 1 heterocycles. The number of hydrogen-bond acceptors (Lipinski definition) is 7. The molecule has 0 bridgehead atoms. The van der Waals surface area contributed by atoms with E-state index in [-0.39, 0.29) is 24.6 Å². The van der Waals surface area contributed by atoms with Crippen LogP contribution < -0.4 is 21.5 Å². The first kappa shape index (κ1) is 17.0. The highest BCUT2D eigenvalue weighted by atomic mass is 16.5. The molecule has 0 radical (unpaired) electrons. The van der Waals surface area contributed by atoms with E-state index in [4.69, 9.17) is 16.2 Å². The van der Waals surface area contributed by atoms with Crippen LogP contribution in [0.2, 0.25) is 0 Å². The number of benzene rings is 4. The summed E-state index contributed by atoms with van der Waals surface area (Å²) in [5, 5.41) is 9.86. The van der Waals surface area contributed by atoms with Gasteiger partial charge in [0.25, 0.3) is 0 Å². The van der Waals surface area contributed by atoms with Crippen molar-refractivity contribution in [3.05, 3.63) is 66.7 Å². The van der Waals surface area contributed by atoms with Gasteiger partial charge in [0.1, 0.15) is 5.75 Å². The van der Waals surface area contributed by atoms with Crippen LogP contribution in [0.4, 0.5) is 17.8 Å². The lowest BCUT2D eigenvalue weighted by Gasteiger charge is -2.13. The Morgan fingerprint density at radius 1 is 0.724 bits per heavy atom. The highest BCUT2D eigenvalue weighted by molar-refractivity contribution is 6.14. The summed E-state index contributed by atoms with van der Waals surface area (Å²) in [7, 11) is 0. The maximum absolute atomic E-state index is 6.03. The van der Waals surface area contributed by atoms with Crippen LogP contribution >= 0.6 is 0 Å². The Hall–Kier alpha value is -4.13. The average Bonchev–Trinajstić information content (AvgIpc) is 2.71. The van der Waals surface area contributed by atoms with Crippen LogP contribution in [0.15, 0.2) is 66.7 Å². The van der Waals surface area contributed by atoms with Gasteiger partial charge in [-0.3, -0.25) is 0 Å². The van der Waals surface area contributed by atoms with Gasteiger partial charge in [0, 0.05) is 5.39 Å². The molecule has 142 valence electrons. The third-order valence-corrected chi connectivity index (χ3v) is 4.82. The fourth-order valence-electron chi connectivity index (χ4n) is 3.55. The second-order valence-electron chi connectivity index (χ2n) is 6.68. The van der Waals surface area contributed by atoms with Crippen molar-refractivity contribution in [2.45, 2.75) is 0 Å². The minimum absolute atomic E-state index is 0.0584. The van der Waals surface area contributed by atoms with Gasteiger partial charge in [-0.2, -0.15) is 15.0 Å². The van der Waals surface area contributed by atoms with E-state index in [2.05, 4.69) is 68.8 Å². The number of nitrogens with zero attached hydrogens (tertiary/aromatic N) is 3. The minimum atomic E-state index is 0.0584. The molecule has 0 amide bonds. The van der Waals surface area contributed by atoms with Crippen LogP contribution in [0.25, 0.3) is 32.3 Å². The van der Waals surface area contributed by atoms with E-state index in [1.807, 2.05) is 18.2 Å². The molecule has 0 saturated heterocycles. The SMILES string of the molecule is Nc1nc(N)nc(NCOc2cccc3ccc4cc5ccccc5cc4c23)n1. The van der Waals surface area contributed by atoms with Crippen molar-refractivity contribution in [2.24, 2.45) is 0 Å². The van der Waals surface area contributed by atoms with Crippen LogP contribution in [0.1, 0.15) is 0 Å². The third kappa shape index (κ3) is 3.19. The van der Waals surface area contributed by atoms with E-state index in [0.717, 1.165) is 21.9 Å². The van der Waals surface area contributed by atoms with E-state index in [9.17, 15) is 0 Å².